The first kappa shape index (κ1) is 21.1. The van der Waals surface area contributed by atoms with Crippen LogP contribution in [0.2, 0.25) is 0 Å². The van der Waals surface area contributed by atoms with Gasteiger partial charge in [-0.3, -0.25) is 19.5 Å². The molecule has 3 aromatic rings. The number of ether oxygens (including phenoxy) is 1. The van der Waals surface area contributed by atoms with Crippen molar-refractivity contribution in [3.05, 3.63) is 60.2 Å². The number of methoxy groups -OCH3 is 1. The van der Waals surface area contributed by atoms with E-state index in [0.29, 0.717) is 43.3 Å². The number of nitrogens with zero attached hydrogens (tertiary/aromatic N) is 4. The van der Waals surface area contributed by atoms with Crippen molar-refractivity contribution in [2.75, 3.05) is 20.2 Å². The number of pyridine rings is 1. The number of hydrogen-bond donors (Lipinski definition) is 2. The summed E-state index contributed by atoms with van der Waals surface area (Å²) in [7, 11) is 1.61. The summed E-state index contributed by atoms with van der Waals surface area (Å²) in [6.07, 6.45) is 4.21. The number of rotatable bonds is 6. The third kappa shape index (κ3) is 4.42. The highest BCUT2D eigenvalue weighted by Crippen LogP contribution is 2.27. The van der Waals surface area contributed by atoms with Crippen molar-refractivity contribution in [1.29, 1.82) is 0 Å². The fourth-order valence-corrected chi connectivity index (χ4v) is 4.42. The van der Waals surface area contributed by atoms with Crippen molar-refractivity contribution < 1.29 is 18.7 Å². The lowest BCUT2D eigenvalue weighted by atomic mass is 10.1. The van der Waals surface area contributed by atoms with Gasteiger partial charge in [0.05, 0.1) is 18.7 Å². The van der Waals surface area contributed by atoms with E-state index in [1.165, 1.54) is 6.20 Å². The van der Waals surface area contributed by atoms with Gasteiger partial charge in [0, 0.05) is 49.6 Å². The van der Waals surface area contributed by atoms with Gasteiger partial charge in [-0.05, 0) is 42.8 Å². The van der Waals surface area contributed by atoms with Crippen LogP contribution in [0.15, 0.2) is 53.2 Å². The molecule has 2 amide bonds. The zero-order valence-electron chi connectivity index (χ0n) is 18.1. The summed E-state index contributed by atoms with van der Waals surface area (Å²) in [6.45, 7) is 1.06. The smallest absolute Gasteiger partial charge is 0.253 e. The molecule has 0 spiro atoms. The van der Waals surface area contributed by atoms with Crippen molar-refractivity contribution >= 4 is 11.8 Å². The summed E-state index contributed by atoms with van der Waals surface area (Å²) in [5.41, 5.74) is 1.31. The molecule has 1 aromatic carbocycles. The summed E-state index contributed by atoms with van der Waals surface area (Å²) in [6, 6.07) is 10.4. The summed E-state index contributed by atoms with van der Waals surface area (Å²) in [4.78, 5) is 31.1. The van der Waals surface area contributed by atoms with Gasteiger partial charge in [-0.1, -0.05) is 0 Å². The van der Waals surface area contributed by atoms with Gasteiger partial charge in [-0.25, -0.2) is 0 Å². The highest BCUT2D eigenvalue weighted by Gasteiger charge is 2.44. The van der Waals surface area contributed by atoms with Crippen LogP contribution in [-0.4, -0.2) is 70.2 Å². The molecule has 0 unspecified atom stereocenters. The minimum absolute atomic E-state index is 0.00263. The van der Waals surface area contributed by atoms with E-state index < -0.39 is 0 Å². The summed E-state index contributed by atoms with van der Waals surface area (Å²) in [5.74, 6) is 1.48. The largest absolute Gasteiger partial charge is 0.497 e. The van der Waals surface area contributed by atoms with Gasteiger partial charge < -0.3 is 19.8 Å². The topological polar surface area (TPSA) is 122 Å². The molecule has 2 N–H and O–H groups in total. The van der Waals surface area contributed by atoms with Gasteiger partial charge in [0.25, 0.3) is 5.91 Å². The molecule has 3 atom stereocenters. The Labute approximate surface area is 190 Å². The standard InChI is InChI=1S/C23H24N6O4/c1-32-18-6-4-14(5-7-18)23-28-27-20(33-23)10-17-12-25-22(31)19-9-16(13-29(17)19)26-21(30)15-3-2-8-24-11-15/h2-8,11,16-17,19H,9-10,12-13H2,1H3,(H,25,31)(H,26,30)/t16-,17+,19-/m0/s1. The molecular formula is C23H24N6O4. The molecule has 10 nitrogen and oxygen atoms in total. The molecule has 5 rings (SSSR count). The predicted molar refractivity (Wildman–Crippen MR) is 117 cm³/mol. The summed E-state index contributed by atoms with van der Waals surface area (Å²) >= 11 is 0. The van der Waals surface area contributed by atoms with Crippen LogP contribution in [-0.2, 0) is 11.2 Å². The maximum absolute atomic E-state index is 12.5. The van der Waals surface area contributed by atoms with E-state index >= 15 is 0 Å². The summed E-state index contributed by atoms with van der Waals surface area (Å²) < 4.78 is 11.1. The molecule has 0 bridgehead atoms. The van der Waals surface area contributed by atoms with Crippen LogP contribution in [0.25, 0.3) is 11.5 Å². The van der Waals surface area contributed by atoms with E-state index in [9.17, 15) is 9.59 Å². The Morgan fingerprint density at radius 2 is 2.12 bits per heavy atom. The second kappa shape index (κ2) is 8.99. The number of benzene rings is 1. The Kier molecular flexibility index (Phi) is 5.74. The molecule has 10 heteroatoms. The van der Waals surface area contributed by atoms with E-state index in [4.69, 9.17) is 9.15 Å². The first-order chi connectivity index (χ1) is 16.1. The third-order valence-corrected chi connectivity index (χ3v) is 6.10. The number of nitrogens with one attached hydrogen (secondary N) is 2. The normalized spacial score (nSPS) is 22.5. The fraction of sp³-hybridized carbons (Fsp3) is 0.348. The Morgan fingerprint density at radius 1 is 1.27 bits per heavy atom. The van der Waals surface area contributed by atoms with Crippen LogP contribution >= 0.6 is 0 Å². The number of piperazine rings is 1. The van der Waals surface area contributed by atoms with Crippen molar-refractivity contribution in [3.8, 4) is 17.2 Å². The van der Waals surface area contributed by atoms with E-state index in [1.54, 1.807) is 25.4 Å². The molecule has 2 aliphatic heterocycles. The molecule has 2 aliphatic rings. The number of carbonyl (C=O) groups is 2. The highest BCUT2D eigenvalue weighted by atomic mass is 16.5. The minimum Gasteiger partial charge on any atom is -0.497 e. The van der Waals surface area contributed by atoms with Crippen LogP contribution in [0.1, 0.15) is 22.7 Å². The lowest BCUT2D eigenvalue weighted by Gasteiger charge is -2.36. The monoisotopic (exact) mass is 448 g/mol. The maximum Gasteiger partial charge on any atom is 0.253 e. The zero-order chi connectivity index (χ0) is 22.8. The minimum atomic E-state index is -0.299. The number of carbonyl (C=O) groups excluding carboxylic acids is 2. The number of fused-ring (bicyclic) bond motifs is 1. The molecule has 0 aliphatic carbocycles. The SMILES string of the molecule is COc1ccc(-c2nnc(C[C@@H]3CNC(=O)[C@@H]4C[C@H](NC(=O)c5cccnc5)CN34)o2)cc1. The zero-order valence-corrected chi connectivity index (χ0v) is 18.1. The lowest BCUT2D eigenvalue weighted by molar-refractivity contribution is -0.129. The van der Waals surface area contributed by atoms with Gasteiger partial charge in [-0.2, -0.15) is 0 Å². The van der Waals surface area contributed by atoms with Crippen LogP contribution < -0.4 is 15.4 Å². The van der Waals surface area contributed by atoms with Crippen LogP contribution in [0.5, 0.6) is 5.75 Å². The number of amides is 2. The summed E-state index contributed by atoms with van der Waals surface area (Å²) in [5, 5.41) is 14.4. The van der Waals surface area contributed by atoms with Gasteiger partial charge in [0.1, 0.15) is 5.75 Å². The van der Waals surface area contributed by atoms with Crippen molar-refractivity contribution in [3.63, 3.8) is 0 Å². The number of hydrogen-bond acceptors (Lipinski definition) is 8. The second-order valence-electron chi connectivity index (χ2n) is 8.19. The van der Waals surface area contributed by atoms with Crippen LogP contribution in [0.4, 0.5) is 0 Å². The highest BCUT2D eigenvalue weighted by molar-refractivity contribution is 5.94. The van der Waals surface area contributed by atoms with Gasteiger partial charge in [0.2, 0.25) is 17.7 Å². The van der Waals surface area contributed by atoms with Gasteiger partial charge >= 0.3 is 0 Å². The Balaban J connectivity index is 1.25. The van der Waals surface area contributed by atoms with Crippen molar-refractivity contribution in [2.45, 2.75) is 31.0 Å². The molecule has 0 radical (unpaired) electrons. The number of aromatic nitrogens is 3. The van der Waals surface area contributed by atoms with E-state index in [-0.39, 0.29) is 29.9 Å². The average Bonchev–Trinajstić information content (AvgIpc) is 3.49. The van der Waals surface area contributed by atoms with Crippen LogP contribution in [0, 0.1) is 0 Å². The quantitative estimate of drug-likeness (QED) is 0.574. The Morgan fingerprint density at radius 3 is 2.88 bits per heavy atom. The molecule has 33 heavy (non-hydrogen) atoms. The molecule has 0 saturated carbocycles. The lowest BCUT2D eigenvalue weighted by Crippen LogP contribution is -2.58. The van der Waals surface area contributed by atoms with Crippen LogP contribution in [0.3, 0.4) is 0 Å². The van der Waals surface area contributed by atoms with E-state index in [0.717, 1.165) is 11.3 Å². The fourth-order valence-electron chi connectivity index (χ4n) is 4.42. The molecule has 170 valence electrons. The Bertz CT molecular complexity index is 1130. The second-order valence-corrected chi connectivity index (χ2v) is 8.19. The van der Waals surface area contributed by atoms with E-state index in [2.05, 4.69) is 30.7 Å². The Hall–Kier alpha value is -3.79. The van der Waals surface area contributed by atoms with Crippen molar-refractivity contribution in [1.82, 2.24) is 30.7 Å². The molecule has 2 fully saturated rings. The van der Waals surface area contributed by atoms with Gasteiger partial charge in [-0.15, -0.1) is 10.2 Å². The molecule has 4 heterocycles. The van der Waals surface area contributed by atoms with Gasteiger partial charge in [0.15, 0.2) is 0 Å². The first-order valence-electron chi connectivity index (χ1n) is 10.8. The predicted octanol–water partition coefficient (Wildman–Crippen LogP) is 1.05. The maximum atomic E-state index is 12.5. The first-order valence-corrected chi connectivity index (χ1v) is 10.8. The molecule has 2 saturated heterocycles. The van der Waals surface area contributed by atoms with E-state index in [1.807, 2.05) is 24.3 Å². The third-order valence-electron chi connectivity index (χ3n) is 6.10. The average molecular weight is 448 g/mol. The van der Waals surface area contributed by atoms with Crippen molar-refractivity contribution in [2.24, 2.45) is 0 Å². The molecule has 2 aromatic heterocycles. The molecular weight excluding hydrogens is 424 g/mol.